The van der Waals surface area contributed by atoms with Crippen LogP contribution in [0.3, 0.4) is 0 Å². The van der Waals surface area contributed by atoms with Crippen molar-refractivity contribution in [2.75, 3.05) is 44.8 Å². The van der Waals surface area contributed by atoms with E-state index in [4.69, 9.17) is 15.3 Å². The fourth-order valence-corrected chi connectivity index (χ4v) is 5.05. The predicted octanol–water partition coefficient (Wildman–Crippen LogP) is 2.46. The van der Waals surface area contributed by atoms with Gasteiger partial charge in [0.15, 0.2) is 0 Å². The molecule has 2 aliphatic heterocycles. The Kier molecular flexibility index (Phi) is 4.34. The summed E-state index contributed by atoms with van der Waals surface area (Å²) in [5, 5.41) is 1.98. The van der Waals surface area contributed by atoms with Crippen LogP contribution in [0.15, 0.2) is 6.07 Å². The highest BCUT2D eigenvalue weighted by Gasteiger charge is 2.37. The molecule has 4 aliphatic rings. The molecule has 5 heteroatoms. The Morgan fingerprint density at radius 2 is 2.00 bits per heavy atom. The van der Waals surface area contributed by atoms with E-state index in [0.717, 1.165) is 63.2 Å². The van der Waals surface area contributed by atoms with Crippen LogP contribution in [-0.2, 0) is 17.6 Å². The van der Waals surface area contributed by atoms with Crippen LogP contribution in [0.2, 0.25) is 0 Å². The quantitative estimate of drug-likeness (QED) is 0.839. The van der Waals surface area contributed by atoms with Crippen molar-refractivity contribution in [3.05, 3.63) is 22.8 Å². The highest BCUT2D eigenvalue weighted by molar-refractivity contribution is 5.71. The first-order valence-electron chi connectivity index (χ1n) is 10.3. The van der Waals surface area contributed by atoms with Gasteiger partial charge in [-0.3, -0.25) is 5.84 Å². The standard InChI is InChI=1S/C21H31N3O2/c1-25-17-10-14(11-17)13-23-8-9-26-19-12-16-4-6-24(22)7-5-18(16)20(21(19)23)15-2-3-15/h12,14-15,17H,2-11,13,22H2,1H3. The van der Waals surface area contributed by atoms with Crippen molar-refractivity contribution in [3.8, 4) is 5.75 Å². The summed E-state index contributed by atoms with van der Waals surface area (Å²) in [5.41, 5.74) is 6.08. The maximum atomic E-state index is 6.17. The second-order valence-electron chi connectivity index (χ2n) is 8.57. The van der Waals surface area contributed by atoms with Crippen molar-refractivity contribution in [2.45, 2.75) is 50.5 Å². The molecule has 2 fully saturated rings. The van der Waals surface area contributed by atoms with E-state index in [1.54, 1.807) is 11.1 Å². The molecule has 2 saturated carbocycles. The Morgan fingerprint density at radius 3 is 2.77 bits per heavy atom. The van der Waals surface area contributed by atoms with E-state index in [0.29, 0.717) is 6.10 Å². The fourth-order valence-electron chi connectivity index (χ4n) is 5.05. The molecule has 0 aromatic heterocycles. The SMILES string of the molecule is COC1CC(CN2CCOc3cc4c(c(C5CC5)c32)CCN(N)CC4)C1. The molecule has 0 amide bonds. The zero-order valence-electron chi connectivity index (χ0n) is 15.9. The first-order chi connectivity index (χ1) is 12.7. The lowest BCUT2D eigenvalue weighted by Crippen LogP contribution is -2.43. The Labute approximate surface area is 156 Å². The highest BCUT2D eigenvalue weighted by Crippen LogP contribution is 2.52. The van der Waals surface area contributed by atoms with Crippen molar-refractivity contribution < 1.29 is 9.47 Å². The van der Waals surface area contributed by atoms with Gasteiger partial charge in [0.1, 0.15) is 12.4 Å². The lowest BCUT2D eigenvalue weighted by Gasteiger charge is -2.41. The van der Waals surface area contributed by atoms with E-state index >= 15 is 0 Å². The third kappa shape index (κ3) is 3.00. The molecule has 0 atom stereocenters. The molecule has 5 nitrogen and oxygen atoms in total. The molecule has 26 heavy (non-hydrogen) atoms. The minimum atomic E-state index is 0.478. The molecule has 0 saturated heterocycles. The molecule has 0 spiro atoms. The Balaban J connectivity index is 1.49. The molecule has 0 radical (unpaired) electrons. The van der Waals surface area contributed by atoms with Crippen LogP contribution in [0.25, 0.3) is 0 Å². The predicted molar refractivity (Wildman–Crippen MR) is 103 cm³/mol. The summed E-state index contributed by atoms with van der Waals surface area (Å²) < 4.78 is 11.7. The Morgan fingerprint density at radius 1 is 1.19 bits per heavy atom. The number of nitrogens with zero attached hydrogens (tertiary/aromatic N) is 2. The van der Waals surface area contributed by atoms with Crippen LogP contribution in [-0.4, -0.2) is 51.0 Å². The number of ether oxygens (including phenoxy) is 2. The second-order valence-corrected chi connectivity index (χ2v) is 8.57. The third-order valence-electron chi connectivity index (χ3n) is 6.75. The van der Waals surface area contributed by atoms with Crippen LogP contribution in [0.4, 0.5) is 5.69 Å². The van der Waals surface area contributed by atoms with Gasteiger partial charge >= 0.3 is 0 Å². The maximum Gasteiger partial charge on any atom is 0.143 e. The molecule has 2 aliphatic carbocycles. The third-order valence-corrected chi connectivity index (χ3v) is 6.75. The van der Waals surface area contributed by atoms with Gasteiger partial charge in [-0.15, -0.1) is 0 Å². The van der Waals surface area contributed by atoms with Crippen molar-refractivity contribution in [1.82, 2.24) is 5.01 Å². The summed E-state index contributed by atoms with van der Waals surface area (Å²) in [6, 6.07) is 2.33. The average Bonchev–Trinajstić information content (AvgIpc) is 3.45. The normalized spacial score (nSPS) is 28.6. The molecule has 1 aromatic rings. The van der Waals surface area contributed by atoms with Crippen LogP contribution in [0.5, 0.6) is 5.75 Å². The molecular weight excluding hydrogens is 326 g/mol. The number of methoxy groups -OCH3 is 1. The van der Waals surface area contributed by atoms with Crippen molar-refractivity contribution in [2.24, 2.45) is 11.8 Å². The molecule has 2 N–H and O–H groups in total. The van der Waals surface area contributed by atoms with Gasteiger partial charge < -0.3 is 14.4 Å². The van der Waals surface area contributed by atoms with Gasteiger partial charge in [0.25, 0.3) is 0 Å². The number of fused-ring (bicyclic) bond motifs is 2. The summed E-state index contributed by atoms with van der Waals surface area (Å²) in [6.45, 7) is 4.88. The highest BCUT2D eigenvalue weighted by atomic mass is 16.5. The summed E-state index contributed by atoms with van der Waals surface area (Å²) >= 11 is 0. The van der Waals surface area contributed by atoms with Gasteiger partial charge in [-0.1, -0.05) is 0 Å². The molecule has 0 unspecified atom stereocenters. The van der Waals surface area contributed by atoms with E-state index in [1.807, 2.05) is 12.1 Å². The minimum Gasteiger partial charge on any atom is -0.490 e. The summed E-state index contributed by atoms with van der Waals surface area (Å²) in [5.74, 6) is 8.76. The molecule has 142 valence electrons. The van der Waals surface area contributed by atoms with Crippen LogP contribution < -0.4 is 15.5 Å². The van der Waals surface area contributed by atoms with E-state index in [-0.39, 0.29) is 0 Å². The lowest BCUT2D eigenvalue weighted by molar-refractivity contribution is 0.00340. The molecular formula is C21H31N3O2. The van der Waals surface area contributed by atoms with Gasteiger partial charge in [0, 0.05) is 26.7 Å². The van der Waals surface area contributed by atoms with Crippen LogP contribution in [0, 0.1) is 5.92 Å². The van der Waals surface area contributed by atoms with Crippen molar-refractivity contribution in [1.29, 1.82) is 0 Å². The topological polar surface area (TPSA) is 51.0 Å². The molecule has 2 heterocycles. The molecule has 5 rings (SSSR count). The summed E-state index contributed by atoms with van der Waals surface area (Å²) in [4.78, 5) is 2.63. The lowest BCUT2D eigenvalue weighted by atomic mass is 9.81. The largest absolute Gasteiger partial charge is 0.490 e. The van der Waals surface area contributed by atoms with Gasteiger partial charge in [0.2, 0.25) is 0 Å². The Bertz CT molecular complexity index is 682. The summed E-state index contributed by atoms with van der Waals surface area (Å²) in [6.07, 6.45) is 7.67. The van der Waals surface area contributed by atoms with Gasteiger partial charge in [-0.2, -0.15) is 0 Å². The van der Waals surface area contributed by atoms with E-state index in [9.17, 15) is 0 Å². The number of hydrogen-bond donors (Lipinski definition) is 1. The summed E-state index contributed by atoms with van der Waals surface area (Å²) in [7, 11) is 1.84. The van der Waals surface area contributed by atoms with Crippen LogP contribution >= 0.6 is 0 Å². The van der Waals surface area contributed by atoms with E-state index < -0.39 is 0 Å². The number of hydrogen-bond acceptors (Lipinski definition) is 5. The van der Waals surface area contributed by atoms with Gasteiger partial charge in [-0.25, -0.2) is 5.01 Å². The zero-order valence-corrected chi connectivity index (χ0v) is 15.9. The van der Waals surface area contributed by atoms with Gasteiger partial charge in [-0.05, 0) is 73.1 Å². The first-order valence-corrected chi connectivity index (χ1v) is 10.3. The number of hydrazine groups is 1. The number of anilines is 1. The van der Waals surface area contributed by atoms with E-state index in [1.165, 1.54) is 36.9 Å². The number of benzene rings is 1. The first kappa shape index (κ1) is 16.8. The monoisotopic (exact) mass is 357 g/mol. The van der Waals surface area contributed by atoms with E-state index in [2.05, 4.69) is 11.0 Å². The number of rotatable bonds is 4. The van der Waals surface area contributed by atoms with Crippen molar-refractivity contribution >= 4 is 5.69 Å². The number of nitrogens with two attached hydrogens (primary N) is 1. The average molecular weight is 357 g/mol. The smallest absolute Gasteiger partial charge is 0.143 e. The fraction of sp³-hybridized carbons (Fsp3) is 0.714. The molecule has 0 bridgehead atoms. The Hall–Kier alpha value is -1.30. The van der Waals surface area contributed by atoms with Gasteiger partial charge in [0.05, 0.1) is 18.3 Å². The minimum absolute atomic E-state index is 0.478. The second kappa shape index (κ2) is 6.70. The van der Waals surface area contributed by atoms with Crippen LogP contribution in [0.1, 0.15) is 48.3 Å². The zero-order chi connectivity index (χ0) is 17.7. The van der Waals surface area contributed by atoms with Crippen molar-refractivity contribution in [3.63, 3.8) is 0 Å². The molecule has 1 aromatic carbocycles. The maximum absolute atomic E-state index is 6.17.